The molecule has 1 aliphatic rings. The minimum Gasteiger partial charge on any atom is -0.321 e. The number of nitrogens with zero attached hydrogens (tertiary/aromatic N) is 3. The van der Waals surface area contributed by atoms with E-state index in [1.54, 1.807) is 0 Å². The molecule has 3 nitrogen and oxygen atoms in total. The summed E-state index contributed by atoms with van der Waals surface area (Å²) in [5.74, 6) is 1.66. The van der Waals surface area contributed by atoms with Crippen LogP contribution in [0.2, 0.25) is 0 Å². The maximum atomic E-state index is 4.33. The molecule has 11 heavy (non-hydrogen) atoms. The van der Waals surface area contributed by atoms with E-state index in [4.69, 9.17) is 0 Å². The van der Waals surface area contributed by atoms with Crippen molar-refractivity contribution < 1.29 is 0 Å². The molecule has 0 saturated carbocycles. The lowest BCUT2D eigenvalue weighted by molar-refractivity contribution is 0.591. The summed E-state index contributed by atoms with van der Waals surface area (Å²) in [5, 5.41) is 0. The fourth-order valence-electron chi connectivity index (χ4n) is 1.16. The van der Waals surface area contributed by atoms with E-state index in [2.05, 4.69) is 35.7 Å². The molecule has 1 aliphatic heterocycles. The summed E-state index contributed by atoms with van der Waals surface area (Å²) in [6.07, 6.45) is 1.88. The SMILES string of the molecule is CCN1C=NCN=C1C(C)C. The first kappa shape index (κ1) is 8.24. The summed E-state index contributed by atoms with van der Waals surface area (Å²) < 4.78 is 0. The Morgan fingerprint density at radius 1 is 1.64 bits per heavy atom. The second-order valence-corrected chi connectivity index (χ2v) is 2.90. The van der Waals surface area contributed by atoms with Crippen LogP contribution in [0, 0.1) is 5.92 Å². The number of rotatable bonds is 2. The topological polar surface area (TPSA) is 28.0 Å². The van der Waals surface area contributed by atoms with Gasteiger partial charge in [-0.05, 0) is 6.92 Å². The van der Waals surface area contributed by atoms with Crippen molar-refractivity contribution in [2.45, 2.75) is 20.8 Å². The van der Waals surface area contributed by atoms with Crippen molar-refractivity contribution in [2.75, 3.05) is 13.2 Å². The van der Waals surface area contributed by atoms with Crippen LogP contribution in [-0.4, -0.2) is 30.3 Å². The maximum absolute atomic E-state index is 4.33. The van der Waals surface area contributed by atoms with Crippen LogP contribution >= 0.6 is 0 Å². The van der Waals surface area contributed by atoms with E-state index < -0.39 is 0 Å². The number of amidine groups is 1. The molecular weight excluding hydrogens is 138 g/mol. The highest BCUT2D eigenvalue weighted by Gasteiger charge is 2.12. The van der Waals surface area contributed by atoms with E-state index in [0.29, 0.717) is 12.6 Å². The van der Waals surface area contributed by atoms with Gasteiger partial charge in [0, 0.05) is 12.5 Å². The smallest absolute Gasteiger partial charge is 0.133 e. The third kappa shape index (κ3) is 1.79. The van der Waals surface area contributed by atoms with Crippen LogP contribution < -0.4 is 0 Å². The molecule has 0 radical (unpaired) electrons. The highest BCUT2D eigenvalue weighted by Crippen LogP contribution is 2.05. The normalized spacial score (nSPS) is 17.5. The van der Waals surface area contributed by atoms with E-state index >= 15 is 0 Å². The van der Waals surface area contributed by atoms with E-state index in [1.807, 2.05) is 6.34 Å². The Morgan fingerprint density at radius 3 is 2.82 bits per heavy atom. The molecule has 0 saturated heterocycles. The van der Waals surface area contributed by atoms with Gasteiger partial charge in [-0.2, -0.15) is 0 Å². The van der Waals surface area contributed by atoms with Crippen LogP contribution in [0.25, 0.3) is 0 Å². The van der Waals surface area contributed by atoms with Gasteiger partial charge in [0.1, 0.15) is 12.5 Å². The predicted octanol–water partition coefficient (Wildman–Crippen LogP) is 1.36. The molecule has 0 aromatic rings. The van der Waals surface area contributed by atoms with Gasteiger partial charge in [0.2, 0.25) is 0 Å². The van der Waals surface area contributed by atoms with E-state index in [0.717, 1.165) is 12.4 Å². The lowest BCUT2D eigenvalue weighted by atomic mass is 10.2. The van der Waals surface area contributed by atoms with Crippen molar-refractivity contribution in [3.05, 3.63) is 0 Å². The average Bonchev–Trinajstić information content (AvgIpc) is 2.04. The fourth-order valence-corrected chi connectivity index (χ4v) is 1.16. The van der Waals surface area contributed by atoms with Crippen molar-refractivity contribution in [1.82, 2.24) is 4.90 Å². The summed E-state index contributed by atoms with van der Waals surface area (Å²) in [5.41, 5.74) is 0. The first-order valence-corrected chi connectivity index (χ1v) is 4.06. The van der Waals surface area contributed by atoms with E-state index in [-0.39, 0.29) is 0 Å². The second kappa shape index (κ2) is 3.51. The number of aliphatic imine (C=N–C) groups is 2. The van der Waals surface area contributed by atoms with Crippen LogP contribution in [0.5, 0.6) is 0 Å². The molecule has 3 heteroatoms. The minimum absolute atomic E-state index is 0.502. The summed E-state index contributed by atoms with van der Waals surface area (Å²) in [6.45, 7) is 7.97. The van der Waals surface area contributed by atoms with Crippen molar-refractivity contribution in [3.63, 3.8) is 0 Å². The van der Waals surface area contributed by atoms with Crippen LogP contribution in [0.1, 0.15) is 20.8 Å². The lowest BCUT2D eigenvalue weighted by Gasteiger charge is -2.24. The molecule has 0 fully saturated rings. The number of hydrogen-bond acceptors (Lipinski definition) is 3. The first-order chi connectivity index (χ1) is 5.25. The zero-order valence-electron chi connectivity index (χ0n) is 7.41. The Balaban J connectivity index is 2.68. The van der Waals surface area contributed by atoms with Gasteiger partial charge in [0.15, 0.2) is 0 Å². The number of hydrogen-bond donors (Lipinski definition) is 0. The van der Waals surface area contributed by atoms with Crippen molar-refractivity contribution in [2.24, 2.45) is 15.9 Å². The van der Waals surface area contributed by atoms with Gasteiger partial charge in [-0.3, -0.25) is 4.99 Å². The molecule has 0 atom stereocenters. The van der Waals surface area contributed by atoms with Crippen LogP contribution in [0.15, 0.2) is 9.98 Å². The van der Waals surface area contributed by atoms with E-state index in [9.17, 15) is 0 Å². The fraction of sp³-hybridized carbons (Fsp3) is 0.750. The largest absolute Gasteiger partial charge is 0.321 e. The summed E-state index contributed by atoms with van der Waals surface area (Å²) >= 11 is 0. The molecule has 0 amide bonds. The quantitative estimate of drug-likeness (QED) is 0.588. The van der Waals surface area contributed by atoms with E-state index in [1.165, 1.54) is 0 Å². The predicted molar refractivity (Wildman–Crippen MR) is 48.0 cm³/mol. The second-order valence-electron chi connectivity index (χ2n) is 2.90. The molecule has 0 N–H and O–H groups in total. The Labute approximate surface area is 67.8 Å². The Hall–Kier alpha value is -0.860. The maximum Gasteiger partial charge on any atom is 0.133 e. The van der Waals surface area contributed by atoms with Crippen LogP contribution in [0.3, 0.4) is 0 Å². The minimum atomic E-state index is 0.502. The van der Waals surface area contributed by atoms with Gasteiger partial charge >= 0.3 is 0 Å². The monoisotopic (exact) mass is 153 g/mol. The molecular formula is C8H15N3. The molecule has 0 aromatic carbocycles. The Bertz CT molecular complexity index is 182. The van der Waals surface area contributed by atoms with Gasteiger partial charge in [-0.1, -0.05) is 13.8 Å². The first-order valence-electron chi connectivity index (χ1n) is 4.06. The van der Waals surface area contributed by atoms with Gasteiger partial charge in [-0.15, -0.1) is 0 Å². The Kier molecular flexibility index (Phi) is 2.63. The standard InChI is InChI=1S/C8H15N3/c1-4-11-6-9-5-10-8(11)7(2)3/h6-7H,4-5H2,1-3H3. The van der Waals surface area contributed by atoms with Crippen molar-refractivity contribution in [1.29, 1.82) is 0 Å². The molecule has 62 valence electrons. The summed E-state index contributed by atoms with van der Waals surface area (Å²) in [4.78, 5) is 10.5. The highest BCUT2D eigenvalue weighted by atomic mass is 15.3. The summed E-state index contributed by atoms with van der Waals surface area (Å²) in [6, 6.07) is 0. The van der Waals surface area contributed by atoms with Gasteiger partial charge < -0.3 is 4.90 Å². The molecule has 0 unspecified atom stereocenters. The van der Waals surface area contributed by atoms with Gasteiger partial charge in [0.05, 0.1) is 6.34 Å². The van der Waals surface area contributed by atoms with Gasteiger partial charge in [-0.25, -0.2) is 4.99 Å². The summed E-state index contributed by atoms with van der Waals surface area (Å²) in [7, 11) is 0. The third-order valence-electron chi connectivity index (χ3n) is 1.69. The molecule has 0 bridgehead atoms. The van der Waals surface area contributed by atoms with Crippen molar-refractivity contribution >= 4 is 12.2 Å². The molecule has 0 aromatic heterocycles. The molecule has 1 rings (SSSR count). The Morgan fingerprint density at radius 2 is 2.36 bits per heavy atom. The molecule has 1 heterocycles. The van der Waals surface area contributed by atoms with Gasteiger partial charge in [0.25, 0.3) is 0 Å². The zero-order chi connectivity index (χ0) is 8.27. The van der Waals surface area contributed by atoms with Crippen molar-refractivity contribution in [3.8, 4) is 0 Å². The van der Waals surface area contributed by atoms with Crippen LogP contribution in [0.4, 0.5) is 0 Å². The average molecular weight is 153 g/mol. The van der Waals surface area contributed by atoms with Crippen LogP contribution in [-0.2, 0) is 0 Å². The lowest BCUT2D eigenvalue weighted by Crippen LogP contribution is -2.35. The molecule has 0 spiro atoms. The molecule has 0 aliphatic carbocycles. The zero-order valence-corrected chi connectivity index (χ0v) is 7.41. The third-order valence-corrected chi connectivity index (χ3v) is 1.69. The highest BCUT2D eigenvalue weighted by molar-refractivity contribution is 5.94.